The first-order chi connectivity index (χ1) is 16.8. The van der Waals surface area contributed by atoms with Crippen molar-refractivity contribution in [3.8, 4) is 5.75 Å². The Morgan fingerprint density at radius 1 is 1.11 bits per heavy atom. The predicted octanol–water partition coefficient (Wildman–Crippen LogP) is 5.14. The maximum Gasteiger partial charge on any atom is 0.335 e. The molecule has 0 spiro atoms. The Labute approximate surface area is 206 Å². The van der Waals surface area contributed by atoms with Gasteiger partial charge in [0.25, 0.3) is 5.69 Å². The topological polar surface area (TPSA) is 144 Å². The van der Waals surface area contributed by atoms with Gasteiger partial charge in [-0.25, -0.2) is 10.2 Å². The van der Waals surface area contributed by atoms with E-state index in [-0.39, 0.29) is 23.6 Å². The van der Waals surface area contributed by atoms with Crippen molar-refractivity contribution in [2.75, 3.05) is 0 Å². The number of carbonyl (C=O) groups is 2. The molecule has 1 aromatic heterocycles. The molecule has 0 aliphatic heterocycles. The molecule has 0 bridgehead atoms. The number of ether oxygens (including phenoxy) is 1. The van der Waals surface area contributed by atoms with Crippen LogP contribution in [0.5, 0.6) is 5.75 Å². The molecule has 1 amide bonds. The van der Waals surface area contributed by atoms with E-state index in [0.717, 1.165) is 10.0 Å². The van der Waals surface area contributed by atoms with Crippen molar-refractivity contribution in [2.45, 2.75) is 6.61 Å². The normalized spacial score (nSPS) is 11.0. The molecule has 4 rings (SSSR count). The highest BCUT2D eigenvalue weighted by molar-refractivity contribution is 9.10. The van der Waals surface area contributed by atoms with Gasteiger partial charge in [0.2, 0.25) is 0 Å². The lowest BCUT2D eigenvalue weighted by atomic mass is 10.1. The monoisotopic (exact) mass is 537 g/mol. The number of hydrogen-bond acceptors (Lipinski definition) is 7. The van der Waals surface area contributed by atoms with E-state index in [4.69, 9.17) is 14.3 Å². The van der Waals surface area contributed by atoms with E-state index in [1.165, 1.54) is 42.6 Å². The third-order valence-corrected chi connectivity index (χ3v) is 5.36. The number of carboxylic acids is 1. The summed E-state index contributed by atoms with van der Waals surface area (Å²) < 4.78 is 12.1. The summed E-state index contributed by atoms with van der Waals surface area (Å²) in [6.45, 7) is 0.194. The summed E-state index contributed by atoms with van der Waals surface area (Å²) in [5, 5.41) is 24.3. The number of furan rings is 1. The van der Waals surface area contributed by atoms with Gasteiger partial charge in [0, 0.05) is 27.6 Å². The average Bonchev–Trinajstić information content (AvgIpc) is 3.27. The summed E-state index contributed by atoms with van der Waals surface area (Å²) >= 11 is 3.38. The number of hydrogen-bond donors (Lipinski definition) is 2. The highest BCUT2D eigenvalue weighted by Gasteiger charge is 2.15. The number of rotatable bonds is 8. The Morgan fingerprint density at radius 3 is 2.60 bits per heavy atom. The van der Waals surface area contributed by atoms with Crippen LogP contribution < -0.4 is 10.2 Å². The number of non-ortho nitro benzene ring substituents is 1. The lowest BCUT2D eigenvalue weighted by molar-refractivity contribution is -0.384. The maximum absolute atomic E-state index is 12.4. The first-order valence-electron chi connectivity index (χ1n) is 10.1. The van der Waals surface area contributed by atoms with Gasteiger partial charge in [-0.1, -0.05) is 28.1 Å². The summed E-state index contributed by atoms with van der Waals surface area (Å²) in [5.74, 6) is -1.19. The quantitative estimate of drug-likeness (QED) is 0.179. The number of nitro benzene ring substituents is 1. The van der Waals surface area contributed by atoms with Crippen LogP contribution in [0.2, 0.25) is 0 Å². The first-order valence-corrected chi connectivity index (χ1v) is 10.9. The van der Waals surface area contributed by atoms with Crippen LogP contribution in [0.15, 0.2) is 80.7 Å². The summed E-state index contributed by atoms with van der Waals surface area (Å²) in [6.07, 6.45) is 1.40. The number of aromatic carboxylic acids is 1. The fraction of sp³-hybridized carbons (Fsp3) is 0.0417. The van der Waals surface area contributed by atoms with E-state index in [9.17, 15) is 19.7 Å². The Morgan fingerprint density at radius 2 is 1.89 bits per heavy atom. The third-order valence-electron chi connectivity index (χ3n) is 4.87. The molecule has 10 nitrogen and oxygen atoms in total. The van der Waals surface area contributed by atoms with E-state index in [2.05, 4.69) is 26.5 Å². The molecular formula is C24H16BrN3O7. The molecule has 0 fully saturated rings. The zero-order valence-electron chi connectivity index (χ0n) is 17.8. The van der Waals surface area contributed by atoms with E-state index in [0.29, 0.717) is 22.3 Å². The van der Waals surface area contributed by atoms with Crippen LogP contribution in [0.25, 0.3) is 11.0 Å². The van der Waals surface area contributed by atoms with Crippen molar-refractivity contribution in [1.82, 2.24) is 5.43 Å². The number of fused-ring (bicyclic) bond motifs is 1. The van der Waals surface area contributed by atoms with Crippen LogP contribution in [0.1, 0.15) is 32.0 Å². The van der Waals surface area contributed by atoms with Crippen molar-refractivity contribution in [3.05, 3.63) is 104 Å². The Kier molecular flexibility index (Phi) is 6.88. The highest BCUT2D eigenvalue weighted by Crippen LogP contribution is 2.25. The van der Waals surface area contributed by atoms with Crippen molar-refractivity contribution < 1.29 is 28.8 Å². The number of nitrogens with zero attached hydrogens (tertiary/aromatic N) is 2. The smallest absolute Gasteiger partial charge is 0.335 e. The largest absolute Gasteiger partial charge is 0.488 e. The van der Waals surface area contributed by atoms with Gasteiger partial charge in [-0.05, 0) is 48.0 Å². The summed E-state index contributed by atoms with van der Waals surface area (Å²) in [7, 11) is 0. The minimum absolute atomic E-state index is 0.0480. The molecular weight excluding hydrogens is 522 g/mol. The van der Waals surface area contributed by atoms with Crippen molar-refractivity contribution in [2.24, 2.45) is 5.10 Å². The third kappa shape index (κ3) is 5.71. The van der Waals surface area contributed by atoms with E-state index < -0.39 is 16.8 Å². The van der Waals surface area contributed by atoms with Crippen LogP contribution in [-0.2, 0) is 6.61 Å². The molecule has 0 aliphatic rings. The molecule has 0 atom stereocenters. The van der Waals surface area contributed by atoms with Crippen molar-refractivity contribution >= 4 is 50.7 Å². The zero-order chi connectivity index (χ0) is 24.9. The summed E-state index contributed by atoms with van der Waals surface area (Å²) in [4.78, 5) is 33.8. The Bertz CT molecular complexity index is 1460. The molecule has 4 aromatic rings. The Hall–Kier alpha value is -4.51. The second-order valence-electron chi connectivity index (χ2n) is 7.26. The molecule has 2 N–H and O–H groups in total. The van der Waals surface area contributed by atoms with Crippen LogP contribution in [-0.4, -0.2) is 28.1 Å². The number of benzene rings is 3. The summed E-state index contributed by atoms with van der Waals surface area (Å²) in [6, 6.07) is 17.0. The number of carboxylic acid groups (broad SMARTS) is 1. The molecule has 1 heterocycles. The molecule has 0 unspecified atom stereocenters. The van der Waals surface area contributed by atoms with E-state index in [1.807, 2.05) is 0 Å². The fourth-order valence-electron chi connectivity index (χ4n) is 3.13. The van der Waals surface area contributed by atoms with Crippen LogP contribution in [0.4, 0.5) is 5.69 Å². The molecule has 0 saturated carbocycles. The van der Waals surface area contributed by atoms with Crippen LogP contribution in [0, 0.1) is 10.1 Å². The SMILES string of the molecule is O=C(O)c1ccc(COc2ccc(Br)cc2C=NNC(=O)c2cc3cc([N+](=O)[O-])ccc3o2)cc1. The molecule has 0 saturated heterocycles. The number of carbonyl (C=O) groups excluding carboxylic acids is 1. The second-order valence-corrected chi connectivity index (χ2v) is 8.18. The predicted molar refractivity (Wildman–Crippen MR) is 130 cm³/mol. The number of halogens is 1. The maximum atomic E-state index is 12.4. The van der Waals surface area contributed by atoms with Gasteiger partial charge in [-0.15, -0.1) is 0 Å². The fourth-order valence-corrected chi connectivity index (χ4v) is 3.51. The van der Waals surface area contributed by atoms with Crippen LogP contribution >= 0.6 is 15.9 Å². The van der Waals surface area contributed by atoms with Gasteiger partial charge in [0.1, 0.15) is 17.9 Å². The van der Waals surface area contributed by atoms with E-state index >= 15 is 0 Å². The number of amides is 1. The number of nitrogens with one attached hydrogen (secondary N) is 1. The summed E-state index contributed by atoms with van der Waals surface area (Å²) in [5.41, 5.74) is 4.12. The minimum Gasteiger partial charge on any atom is -0.488 e. The van der Waals surface area contributed by atoms with Gasteiger partial charge >= 0.3 is 11.9 Å². The standard InChI is InChI=1S/C24H16BrN3O7/c25-18-5-7-20(34-13-14-1-3-15(4-2-14)24(30)31)17(9-18)12-26-27-23(29)22-11-16-10-19(28(32)33)6-8-21(16)35-22/h1-12H,13H2,(H,27,29)(H,30,31). The highest BCUT2D eigenvalue weighted by atomic mass is 79.9. The first kappa shape index (κ1) is 23.6. The molecule has 3 aromatic carbocycles. The minimum atomic E-state index is -1.00. The van der Waals surface area contributed by atoms with Gasteiger partial charge in [-0.3, -0.25) is 14.9 Å². The average molecular weight is 538 g/mol. The van der Waals surface area contributed by atoms with Crippen molar-refractivity contribution in [3.63, 3.8) is 0 Å². The lowest BCUT2D eigenvalue weighted by Gasteiger charge is -2.10. The number of hydrazone groups is 1. The van der Waals surface area contributed by atoms with Gasteiger partial charge < -0.3 is 14.3 Å². The molecule has 35 heavy (non-hydrogen) atoms. The van der Waals surface area contributed by atoms with Crippen LogP contribution in [0.3, 0.4) is 0 Å². The van der Waals surface area contributed by atoms with Gasteiger partial charge in [-0.2, -0.15) is 5.10 Å². The van der Waals surface area contributed by atoms with Gasteiger partial charge in [0.15, 0.2) is 5.76 Å². The second kappa shape index (κ2) is 10.2. The molecule has 0 aliphatic carbocycles. The molecule has 11 heteroatoms. The van der Waals surface area contributed by atoms with E-state index in [1.54, 1.807) is 30.3 Å². The van der Waals surface area contributed by atoms with Crippen molar-refractivity contribution in [1.29, 1.82) is 0 Å². The number of nitro groups is 1. The molecule has 0 radical (unpaired) electrons. The molecule has 176 valence electrons. The Balaban J connectivity index is 1.44. The zero-order valence-corrected chi connectivity index (χ0v) is 19.4. The van der Waals surface area contributed by atoms with Gasteiger partial charge in [0.05, 0.1) is 16.7 Å². The lowest BCUT2D eigenvalue weighted by Crippen LogP contribution is -2.16.